The lowest BCUT2D eigenvalue weighted by Crippen LogP contribution is -2.33. The number of hydrogen-bond acceptors (Lipinski definition) is 4. The lowest BCUT2D eigenvalue weighted by Gasteiger charge is -2.15. The fraction of sp³-hybridized carbons (Fsp3) is 0.167. The number of hydrogen-bond donors (Lipinski definition) is 2. The van der Waals surface area contributed by atoms with Gasteiger partial charge in [0.15, 0.2) is 5.17 Å². The van der Waals surface area contributed by atoms with E-state index >= 15 is 0 Å². The van der Waals surface area contributed by atoms with Crippen molar-refractivity contribution in [3.05, 3.63) is 60.2 Å². The Morgan fingerprint density at radius 2 is 1.85 bits per heavy atom. The van der Waals surface area contributed by atoms with Crippen molar-refractivity contribution in [2.24, 2.45) is 0 Å². The maximum atomic E-state index is 12.7. The molecule has 1 fully saturated rings. The van der Waals surface area contributed by atoms with E-state index in [9.17, 15) is 22.8 Å². The van der Waals surface area contributed by atoms with Crippen LogP contribution in [0.2, 0.25) is 0 Å². The summed E-state index contributed by atoms with van der Waals surface area (Å²) in [6.07, 6.45) is -4.76. The summed E-state index contributed by atoms with van der Waals surface area (Å²) in [4.78, 5) is 25.9. The highest BCUT2D eigenvalue weighted by Crippen LogP contribution is 2.33. The lowest BCUT2D eigenvalue weighted by molar-refractivity contribution is -0.137. The molecule has 1 unspecified atom stereocenters. The van der Waals surface area contributed by atoms with E-state index in [1.165, 1.54) is 17.0 Å². The first-order valence-corrected chi connectivity index (χ1v) is 8.75. The second-order valence-corrected chi connectivity index (χ2v) is 6.94. The number of carbonyl (C=O) groups excluding carboxylic acids is 2. The smallest absolute Gasteiger partial charge is 0.326 e. The number of para-hydroxylation sites is 1. The van der Waals surface area contributed by atoms with E-state index in [0.717, 1.165) is 23.9 Å². The van der Waals surface area contributed by atoms with Gasteiger partial charge in [0, 0.05) is 12.1 Å². The Hall–Kier alpha value is -2.81. The predicted molar refractivity (Wildman–Crippen MR) is 97.7 cm³/mol. The maximum Gasteiger partial charge on any atom is 0.416 e. The first-order chi connectivity index (χ1) is 12.8. The maximum absolute atomic E-state index is 12.7. The summed E-state index contributed by atoms with van der Waals surface area (Å²) in [6.45, 7) is 0. The quantitative estimate of drug-likeness (QED) is 0.821. The van der Waals surface area contributed by atoms with E-state index in [1.54, 1.807) is 30.3 Å². The van der Waals surface area contributed by atoms with Crippen molar-refractivity contribution in [2.75, 3.05) is 10.2 Å². The Morgan fingerprint density at radius 1 is 1.15 bits per heavy atom. The second kappa shape index (κ2) is 7.43. The summed E-state index contributed by atoms with van der Waals surface area (Å²) in [5.41, 5.74) is -0.343. The summed E-state index contributed by atoms with van der Waals surface area (Å²) in [7, 11) is 0. The summed E-state index contributed by atoms with van der Waals surface area (Å²) in [5, 5.41) is 9.56. The topological polar surface area (TPSA) is 73.3 Å². The van der Waals surface area contributed by atoms with Gasteiger partial charge in [0.25, 0.3) is 0 Å². The number of benzene rings is 2. The highest BCUT2D eigenvalue weighted by molar-refractivity contribution is 8.16. The Labute approximate surface area is 157 Å². The third kappa shape index (κ3) is 4.30. The summed E-state index contributed by atoms with van der Waals surface area (Å²) >= 11 is 0.942. The van der Waals surface area contributed by atoms with Gasteiger partial charge in [-0.1, -0.05) is 36.0 Å². The lowest BCUT2D eigenvalue weighted by atomic mass is 10.2. The molecule has 0 bridgehead atoms. The Morgan fingerprint density at radius 3 is 2.52 bits per heavy atom. The second-order valence-electron chi connectivity index (χ2n) is 5.75. The molecule has 1 heterocycles. The van der Waals surface area contributed by atoms with Gasteiger partial charge >= 0.3 is 6.18 Å². The third-order valence-corrected chi connectivity index (χ3v) is 4.87. The molecule has 1 aliphatic heterocycles. The molecule has 2 N–H and O–H groups in total. The molecule has 0 spiro atoms. The molecule has 5 nitrogen and oxygen atoms in total. The van der Waals surface area contributed by atoms with Crippen molar-refractivity contribution < 1.29 is 22.8 Å². The number of alkyl halides is 3. The fourth-order valence-electron chi connectivity index (χ4n) is 2.59. The minimum absolute atomic E-state index is 0.000243. The van der Waals surface area contributed by atoms with Crippen LogP contribution in [0.1, 0.15) is 12.0 Å². The average molecular weight is 393 g/mol. The summed E-state index contributed by atoms with van der Waals surface area (Å²) < 4.78 is 38.2. The first-order valence-electron chi connectivity index (χ1n) is 7.87. The van der Waals surface area contributed by atoms with Crippen LogP contribution in [0.5, 0.6) is 0 Å². The van der Waals surface area contributed by atoms with Gasteiger partial charge in [0.2, 0.25) is 11.8 Å². The van der Waals surface area contributed by atoms with E-state index in [0.29, 0.717) is 5.69 Å². The van der Waals surface area contributed by atoms with Crippen molar-refractivity contribution in [2.45, 2.75) is 17.8 Å². The number of amidine groups is 1. The van der Waals surface area contributed by atoms with Gasteiger partial charge < -0.3 is 5.32 Å². The molecule has 27 heavy (non-hydrogen) atoms. The highest BCUT2D eigenvalue weighted by atomic mass is 32.2. The zero-order valence-electron chi connectivity index (χ0n) is 13.8. The van der Waals surface area contributed by atoms with Crippen molar-refractivity contribution in [3.63, 3.8) is 0 Å². The van der Waals surface area contributed by atoms with Crippen molar-refractivity contribution >= 4 is 40.1 Å². The summed E-state index contributed by atoms with van der Waals surface area (Å²) in [6, 6.07) is 12.9. The number of anilines is 2. The van der Waals surface area contributed by atoms with E-state index in [4.69, 9.17) is 5.41 Å². The molecule has 0 saturated carbocycles. The van der Waals surface area contributed by atoms with Crippen LogP contribution >= 0.6 is 11.8 Å². The van der Waals surface area contributed by atoms with Gasteiger partial charge in [0.1, 0.15) is 5.25 Å². The average Bonchev–Trinajstić information content (AvgIpc) is 2.88. The van der Waals surface area contributed by atoms with E-state index in [2.05, 4.69) is 5.32 Å². The molecule has 0 aromatic heterocycles. The van der Waals surface area contributed by atoms with Gasteiger partial charge in [0.05, 0.1) is 11.3 Å². The molecule has 1 aliphatic rings. The molecule has 2 aromatic carbocycles. The zero-order chi connectivity index (χ0) is 19.6. The van der Waals surface area contributed by atoms with E-state index in [-0.39, 0.29) is 17.3 Å². The molecule has 0 radical (unpaired) electrons. The van der Waals surface area contributed by atoms with Crippen molar-refractivity contribution in [1.29, 1.82) is 5.41 Å². The molecular weight excluding hydrogens is 379 g/mol. The van der Waals surface area contributed by atoms with Gasteiger partial charge in [-0.15, -0.1) is 0 Å². The Kier molecular flexibility index (Phi) is 5.22. The van der Waals surface area contributed by atoms with Crippen molar-refractivity contribution in [1.82, 2.24) is 0 Å². The molecule has 3 rings (SSSR count). The first kappa shape index (κ1) is 19.0. The third-order valence-electron chi connectivity index (χ3n) is 3.81. The number of rotatable bonds is 4. The van der Waals surface area contributed by atoms with Crippen LogP contribution in [0.4, 0.5) is 24.5 Å². The van der Waals surface area contributed by atoms with E-state index in [1.807, 2.05) is 0 Å². The SMILES string of the molecule is N=C1SC(CC(=O)Nc2cccc(C(F)(F)F)c2)C(=O)N1c1ccccc1. The fourth-order valence-corrected chi connectivity index (χ4v) is 3.60. The van der Waals surface area contributed by atoms with Crippen LogP contribution in [-0.2, 0) is 15.8 Å². The Bertz CT molecular complexity index is 887. The number of halogens is 3. The Balaban J connectivity index is 1.67. The molecule has 140 valence electrons. The monoisotopic (exact) mass is 393 g/mol. The number of amides is 2. The van der Waals surface area contributed by atoms with Gasteiger partial charge in [-0.3, -0.25) is 19.9 Å². The molecule has 0 aliphatic carbocycles. The molecule has 9 heteroatoms. The number of nitrogens with zero attached hydrogens (tertiary/aromatic N) is 1. The highest BCUT2D eigenvalue weighted by Gasteiger charge is 2.39. The van der Waals surface area contributed by atoms with Gasteiger partial charge in [-0.05, 0) is 30.3 Å². The van der Waals surface area contributed by atoms with Gasteiger partial charge in [-0.2, -0.15) is 13.2 Å². The molecular formula is C18H14F3N3O2S. The van der Waals surface area contributed by atoms with Gasteiger partial charge in [-0.25, -0.2) is 0 Å². The molecule has 1 atom stereocenters. The van der Waals surface area contributed by atoms with Crippen LogP contribution < -0.4 is 10.2 Å². The number of thioether (sulfide) groups is 1. The molecule has 2 amide bonds. The predicted octanol–water partition coefficient (Wildman–Crippen LogP) is 4.12. The zero-order valence-corrected chi connectivity index (χ0v) is 14.6. The number of nitrogens with one attached hydrogen (secondary N) is 2. The standard InChI is InChI=1S/C18H14F3N3O2S/c19-18(20,21)11-5-4-6-12(9-11)23-15(25)10-14-16(26)24(17(22)27-14)13-7-2-1-3-8-13/h1-9,14,22H,10H2,(H,23,25). The van der Waals surface area contributed by atoms with Crippen LogP contribution in [0.3, 0.4) is 0 Å². The molecule has 2 aromatic rings. The van der Waals surface area contributed by atoms with Crippen LogP contribution in [0.25, 0.3) is 0 Å². The van der Waals surface area contributed by atoms with Crippen LogP contribution in [0, 0.1) is 5.41 Å². The minimum Gasteiger partial charge on any atom is -0.326 e. The largest absolute Gasteiger partial charge is 0.416 e. The summed E-state index contributed by atoms with van der Waals surface area (Å²) in [5.74, 6) is -1.00. The van der Waals surface area contributed by atoms with E-state index < -0.39 is 28.8 Å². The van der Waals surface area contributed by atoms with Crippen LogP contribution in [-0.4, -0.2) is 22.2 Å². The van der Waals surface area contributed by atoms with Crippen LogP contribution in [0.15, 0.2) is 54.6 Å². The van der Waals surface area contributed by atoms with Crippen molar-refractivity contribution in [3.8, 4) is 0 Å². The number of carbonyl (C=O) groups is 2. The normalized spacial score (nSPS) is 17.3. The minimum atomic E-state index is -4.51. The molecule has 1 saturated heterocycles.